The molecule has 2 aromatic carbocycles. The van der Waals surface area contributed by atoms with Crippen molar-refractivity contribution in [2.45, 2.75) is 39.4 Å². The number of para-hydroxylation sites is 2. The maximum absolute atomic E-state index is 11.5. The molecule has 0 unspecified atom stereocenters. The average Bonchev–Trinajstić information content (AvgIpc) is 2.94. The van der Waals surface area contributed by atoms with Gasteiger partial charge in [-0.05, 0) is 50.6 Å². The lowest BCUT2D eigenvalue weighted by atomic mass is 10.0. The van der Waals surface area contributed by atoms with Gasteiger partial charge < -0.3 is 15.0 Å². The highest BCUT2D eigenvalue weighted by Crippen LogP contribution is 2.28. The van der Waals surface area contributed by atoms with Gasteiger partial charge in [0.05, 0.1) is 7.11 Å². The number of hydrogen-bond donors (Lipinski definition) is 1. The van der Waals surface area contributed by atoms with E-state index < -0.39 is 0 Å². The summed E-state index contributed by atoms with van der Waals surface area (Å²) in [6, 6.07) is 16.7. The third-order valence-corrected chi connectivity index (χ3v) is 5.54. The molecule has 3 rings (SSSR count). The Hall–Kier alpha value is -2.79. The van der Waals surface area contributed by atoms with E-state index in [0.717, 1.165) is 29.9 Å². The number of nitrogens with zero attached hydrogens (tertiary/aromatic N) is 2. The van der Waals surface area contributed by atoms with Crippen LogP contribution in [0, 0.1) is 6.92 Å². The lowest BCUT2D eigenvalue weighted by Crippen LogP contribution is -2.30. The molecule has 0 bridgehead atoms. The lowest BCUT2D eigenvalue weighted by molar-refractivity contribution is -0.118. The highest BCUT2D eigenvalue weighted by molar-refractivity contribution is 5.87. The molecule has 1 amide bonds. The monoisotopic (exact) mass is 379 g/mol. The Morgan fingerprint density at radius 3 is 2.57 bits per heavy atom. The predicted octanol–water partition coefficient (Wildman–Crippen LogP) is 3.51. The van der Waals surface area contributed by atoms with Crippen molar-refractivity contribution >= 4 is 16.8 Å². The standard InChI is InChI=1S/C23H29N3O2/c1-16(13-18-9-5-8-12-22(18)28-4)25(3)14-20-17(2)26(15-23(24)27)21-11-7-6-10-19(20)21/h5-12,16H,13-15H2,1-4H3,(H2,24,27)/t16-/m0/s1. The number of rotatable bonds is 8. The molecule has 0 fully saturated rings. The van der Waals surface area contributed by atoms with E-state index in [1.54, 1.807) is 7.11 Å². The summed E-state index contributed by atoms with van der Waals surface area (Å²) in [6.07, 6.45) is 0.902. The molecule has 0 aliphatic rings. The highest BCUT2D eigenvalue weighted by atomic mass is 16.5. The molecule has 0 saturated carbocycles. The van der Waals surface area contributed by atoms with Crippen molar-refractivity contribution in [1.29, 1.82) is 0 Å². The van der Waals surface area contributed by atoms with Crippen molar-refractivity contribution < 1.29 is 9.53 Å². The fourth-order valence-corrected chi connectivity index (χ4v) is 3.81. The first-order chi connectivity index (χ1) is 13.4. The van der Waals surface area contributed by atoms with Gasteiger partial charge in [0.1, 0.15) is 12.3 Å². The van der Waals surface area contributed by atoms with Crippen molar-refractivity contribution in [2.75, 3.05) is 14.2 Å². The zero-order valence-corrected chi connectivity index (χ0v) is 17.1. The van der Waals surface area contributed by atoms with Crippen LogP contribution in [-0.2, 0) is 24.3 Å². The molecule has 1 heterocycles. The maximum Gasteiger partial charge on any atom is 0.237 e. The lowest BCUT2D eigenvalue weighted by Gasteiger charge is -2.25. The summed E-state index contributed by atoms with van der Waals surface area (Å²) in [4.78, 5) is 13.9. The molecular weight excluding hydrogens is 350 g/mol. The Morgan fingerprint density at radius 1 is 1.18 bits per heavy atom. The Morgan fingerprint density at radius 2 is 1.86 bits per heavy atom. The minimum atomic E-state index is -0.326. The quantitative estimate of drug-likeness (QED) is 0.652. The van der Waals surface area contributed by atoms with E-state index in [1.165, 1.54) is 16.5 Å². The molecule has 28 heavy (non-hydrogen) atoms. The first-order valence-electron chi connectivity index (χ1n) is 9.59. The van der Waals surface area contributed by atoms with E-state index in [2.05, 4.69) is 37.9 Å². The van der Waals surface area contributed by atoms with E-state index in [-0.39, 0.29) is 12.5 Å². The molecule has 0 aliphatic carbocycles. The van der Waals surface area contributed by atoms with E-state index in [4.69, 9.17) is 10.5 Å². The number of carbonyl (C=O) groups is 1. The molecule has 0 aliphatic heterocycles. The molecule has 5 heteroatoms. The largest absolute Gasteiger partial charge is 0.496 e. The van der Waals surface area contributed by atoms with Crippen LogP contribution < -0.4 is 10.5 Å². The Bertz CT molecular complexity index is 977. The highest BCUT2D eigenvalue weighted by Gasteiger charge is 2.19. The Labute approximate surface area is 166 Å². The van der Waals surface area contributed by atoms with Crippen molar-refractivity contribution in [3.05, 3.63) is 65.4 Å². The summed E-state index contributed by atoms with van der Waals surface area (Å²) in [5.74, 6) is 0.602. The van der Waals surface area contributed by atoms with Crippen LogP contribution in [0.25, 0.3) is 10.9 Å². The maximum atomic E-state index is 11.5. The number of primary amides is 1. The Kier molecular flexibility index (Phi) is 6.05. The summed E-state index contributed by atoms with van der Waals surface area (Å²) < 4.78 is 7.52. The van der Waals surface area contributed by atoms with Gasteiger partial charge in [-0.1, -0.05) is 36.4 Å². The molecule has 148 valence electrons. The van der Waals surface area contributed by atoms with Gasteiger partial charge in [0.2, 0.25) is 5.91 Å². The topological polar surface area (TPSA) is 60.5 Å². The molecule has 5 nitrogen and oxygen atoms in total. The summed E-state index contributed by atoms with van der Waals surface area (Å²) in [5.41, 5.74) is 10.1. The zero-order valence-electron chi connectivity index (χ0n) is 17.1. The van der Waals surface area contributed by atoms with E-state index in [1.807, 2.05) is 41.0 Å². The molecule has 1 atom stereocenters. The second-order valence-electron chi connectivity index (χ2n) is 7.41. The summed E-state index contributed by atoms with van der Waals surface area (Å²) in [6.45, 7) is 5.29. The number of nitrogens with two attached hydrogens (primary N) is 1. The van der Waals surface area contributed by atoms with Gasteiger partial charge in [-0.2, -0.15) is 0 Å². The van der Waals surface area contributed by atoms with Crippen molar-refractivity contribution in [2.24, 2.45) is 5.73 Å². The minimum absolute atomic E-state index is 0.201. The van der Waals surface area contributed by atoms with E-state index >= 15 is 0 Å². The average molecular weight is 380 g/mol. The number of likely N-dealkylation sites (N-methyl/N-ethyl adjacent to an activating group) is 1. The van der Waals surface area contributed by atoms with Gasteiger partial charge in [-0.15, -0.1) is 0 Å². The van der Waals surface area contributed by atoms with Crippen molar-refractivity contribution in [3.63, 3.8) is 0 Å². The van der Waals surface area contributed by atoms with Crippen molar-refractivity contribution in [1.82, 2.24) is 9.47 Å². The molecule has 2 N–H and O–H groups in total. The van der Waals surface area contributed by atoms with Crippen LogP contribution in [-0.4, -0.2) is 35.6 Å². The van der Waals surface area contributed by atoms with Gasteiger partial charge >= 0.3 is 0 Å². The SMILES string of the molecule is COc1ccccc1C[C@H](C)N(C)Cc1c(C)n(CC(N)=O)c2ccccc12. The number of methoxy groups -OCH3 is 1. The molecule has 0 saturated heterocycles. The second kappa shape index (κ2) is 8.48. The fraction of sp³-hybridized carbons (Fsp3) is 0.348. The smallest absolute Gasteiger partial charge is 0.237 e. The van der Waals surface area contributed by atoms with E-state index in [0.29, 0.717) is 6.04 Å². The van der Waals surface area contributed by atoms with Crippen LogP contribution in [0.5, 0.6) is 5.75 Å². The first kappa shape index (κ1) is 20.0. The molecule has 0 spiro atoms. The van der Waals surface area contributed by atoms with Gasteiger partial charge in [0.15, 0.2) is 0 Å². The van der Waals surface area contributed by atoms with Gasteiger partial charge in [0, 0.05) is 29.2 Å². The first-order valence-corrected chi connectivity index (χ1v) is 9.59. The normalized spacial score (nSPS) is 12.5. The number of fused-ring (bicyclic) bond motifs is 1. The van der Waals surface area contributed by atoms with Crippen LogP contribution >= 0.6 is 0 Å². The third-order valence-electron chi connectivity index (χ3n) is 5.54. The summed E-state index contributed by atoms with van der Waals surface area (Å²) >= 11 is 0. The molecule has 3 aromatic rings. The Balaban J connectivity index is 1.85. The van der Waals surface area contributed by atoms with Crippen LogP contribution in [0.1, 0.15) is 23.7 Å². The number of ether oxygens (including phenoxy) is 1. The van der Waals surface area contributed by atoms with Crippen LogP contribution in [0.4, 0.5) is 0 Å². The van der Waals surface area contributed by atoms with Crippen LogP contribution in [0.2, 0.25) is 0 Å². The zero-order chi connectivity index (χ0) is 20.3. The molecular formula is C23H29N3O2. The third kappa shape index (κ3) is 4.04. The molecule has 1 aromatic heterocycles. The van der Waals surface area contributed by atoms with Gasteiger partial charge in [-0.3, -0.25) is 9.69 Å². The summed E-state index contributed by atoms with van der Waals surface area (Å²) in [5, 5.41) is 1.18. The van der Waals surface area contributed by atoms with Gasteiger partial charge in [-0.25, -0.2) is 0 Å². The fourth-order valence-electron chi connectivity index (χ4n) is 3.81. The number of carbonyl (C=O) groups excluding carboxylic acids is 1. The number of hydrogen-bond acceptors (Lipinski definition) is 3. The number of amides is 1. The summed E-state index contributed by atoms with van der Waals surface area (Å²) in [7, 11) is 3.85. The van der Waals surface area contributed by atoms with E-state index in [9.17, 15) is 4.79 Å². The van der Waals surface area contributed by atoms with Gasteiger partial charge in [0.25, 0.3) is 0 Å². The van der Waals surface area contributed by atoms with Crippen molar-refractivity contribution in [3.8, 4) is 5.75 Å². The number of benzene rings is 2. The second-order valence-corrected chi connectivity index (χ2v) is 7.41. The predicted molar refractivity (Wildman–Crippen MR) is 113 cm³/mol. The number of aromatic nitrogens is 1. The van der Waals surface area contributed by atoms with Crippen LogP contribution in [0.3, 0.4) is 0 Å². The molecule has 0 radical (unpaired) electrons. The minimum Gasteiger partial charge on any atom is -0.496 e. The van der Waals surface area contributed by atoms with Crippen LogP contribution in [0.15, 0.2) is 48.5 Å².